The number of amides is 2. The highest BCUT2D eigenvalue weighted by Gasteiger charge is 2.52. The van der Waals surface area contributed by atoms with Crippen LogP contribution in [0.1, 0.15) is 75.4 Å². The zero-order chi connectivity index (χ0) is 29.0. The van der Waals surface area contributed by atoms with Crippen LogP contribution in [0.25, 0.3) is 11.1 Å². The van der Waals surface area contributed by atoms with Crippen LogP contribution in [-0.2, 0) is 26.3 Å². The minimum atomic E-state index is -0.976. The summed E-state index contributed by atoms with van der Waals surface area (Å²) in [4.78, 5) is 39.9. The average molecular weight is 548 g/mol. The van der Waals surface area contributed by atoms with E-state index < -0.39 is 41.1 Å². The van der Waals surface area contributed by atoms with Gasteiger partial charge in [-0.1, -0.05) is 18.2 Å². The molecular formula is C31H34FN3O5. The van der Waals surface area contributed by atoms with Crippen molar-refractivity contribution < 1.29 is 28.2 Å². The van der Waals surface area contributed by atoms with Crippen LogP contribution in [0.15, 0.2) is 36.4 Å². The summed E-state index contributed by atoms with van der Waals surface area (Å²) in [6.45, 7) is 8.95. The van der Waals surface area contributed by atoms with Crippen molar-refractivity contribution in [3.63, 3.8) is 0 Å². The highest BCUT2D eigenvalue weighted by atomic mass is 19.1. The fourth-order valence-corrected chi connectivity index (χ4v) is 6.14. The molecule has 2 fully saturated rings. The number of fused-ring (bicyclic) bond motifs is 3. The van der Waals surface area contributed by atoms with E-state index in [4.69, 9.17) is 9.47 Å². The summed E-state index contributed by atoms with van der Waals surface area (Å²) >= 11 is 0. The number of ether oxygens (including phenoxy) is 2. The first-order chi connectivity index (χ1) is 18.8. The maximum atomic E-state index is 15.2. The Hall–Kier alpha value is -3.93. The molecule has 0 radical (unpaired) electrons. The molecule has 2 heterocycles. The molecule has 210 valence electrons. The Bertz CT molecular complexity index is 1420. The van der Waals surface area contributed by atoms with E-state index >= 15 is 4.39 Å². The van der Waals surface area contributed by atoms with Gasteiger partial charge in [-0.15, -0.1) is 0 Å². The summed E-state index contributed by atoms with van der Waals surface area (Å²) in [7, 11) is 0. The van der Waals surface area contributed by atoms with Gasteiger partial charge in [0.15, 0.2) is 0 Å². The zero-order valence-corrected chi connectivity index (χ0v) is 23.4. The second-order valence-corrected chi connectivity index (χ2v) is 12.4. The number of carbonyl (C=O) groups is 3. The molecule has 1 saturated carbocycles. The Morgan fingerprint density at radius 1 is 1.20 bits per heavy atom. The van der Waals surface area contributed by atoms with Gasteiger partial charge >= 0.3 is 12.1 Å². The van der Waals surface area contributed by atoms with Crippen molar-refractivity contribution >= 4 is 18.0 Å². The molecule has 1 N–H and O–H groups in total. The Labute approximate surface area is 233 Å². The lowest BCUT2D eigenvalue weighted by molar-refractivity contribution is -0.128. The Morgan fingerprint density at radius 3 is 2.58 bits per heavy atom. The molecule has 0 aromatic heterocycles. The average Bonchev–Trinajstić information content (AvgIpc) is 3.55. The normalized spacial score (nSPS) is 23.3. The van der Waals surface area contributed by atoms with Crippen LogP contribution in [0.5, 0.6) is 0 Å². The van der Waals surface area contributed by atoms with Crippen molar-refractivity contribution in [1.29, 1.82) is 5.26 Å². The van der Waals surface area contributed by atoms with Gasteiger partial charge in [-0.05, 0) is 94.7 Å². The summed E-state index contributed by atoms with van der Waals surface area (Å²) in [6.07, 6.45) is 1.82. The van der Waals surface area contributed by atoms with Crippen LogP contribution in [0, 0.1) is 23.1 Å². The maximum Gasteiger partial charge on any atom is 0.411 e. The number of hydrogen-bond acceptors (Lipinski definition) is 6. The molecular weight excluding hydrogens is 513 g/mol. The van der Waals surface area contributed by atoms with Gasteiger partial charge in [0, 0.05) is 18.0 Å². The number of benzene rings is 2. The summed E-state index contributed by atoms with van der Waals surface area (Å²) < 4.78 is 26.2. The summed E-state index contributed by atoms with van der Waals surface area (Å²) in [5.41, 5.74) is 1.42. The SMILES string of the molecule is CC(C)(C)OC(=O)N1[C@@H]2CC[C@@H](C2)[C@H]1C(=O)N[C@H](C#N)Cc1ccc(-c2ccc3c(c2)C(C)(C)OC3=O)cc1F. The summed E-state index contributed by atoms with van der Waals surface area (Å²) in [5.74, 6) is -1.29. The van der Waals surface area contributed by atoms with E-state index in [0.29, 0.717) is 11.1 Å². The molecule has 2 bridgehead atoms. The first-order valence-corrected chi connectivity index (χ1v) is 13.7. The van der Waals surface area contributed by atoms with Gasteiger partial charge in [0.1, 0.15) is 29.1 Å². The molecule has 4 atom stereocenters. The van der Waals surface area contributed by atoms with E-state index in [1.54, 1.807) is 45.0 Å². The molecule has 0 unspecified atom stereocenters. The number of rotatable bonds is 5. The summed E-state index contributed by atoms with van der Waals surface area (Å²) in [5, 5.41) is 12.5. The molecule has 2 aromatic rings. The van der Waals surface area contributed by atoms with Gasteiger partial charge in [0.2, 0.25) is 5.91 Å². The van der Waals surface area contributed by atoms with Crippen LogP contribution in [0.3, 0.4) is 0 Å². The number of likely N-dealkylation sites (tertiary alicyclic amines) is 1. The first kappa shape index (κ1) is 27.6. The fourth-order valence-electron chi connectivity index (χ4n) is 6.14. The van der Waals surface area contributed by atoms with E-state index in [2.05, 4.69) is 11.4 Å². The number of piperidine rings is 1. The third kappa shape index (κ3) is 5.15. The van der Waals surface area contributed by atoms with E-state index in [1.807, 2.05) is 19.9 Å². The predicted molar refractivity (Wildman–Crippen MR) is 145 cm³/mol. The summed E-state index contributed by atoms with van der Waals surface area (Å²) in [6, 6.07) is 10.3. The molecule has 2 amide bonds. The number of nitrogens with one attached hydrogen (secondary N) is 1. The third-order valence-corrected chi connectivity index (χ3v) is 7.98. The van der Waals surface area contributed by atoms with Crippen LogP contribution < -0.4 is 5.32 Å². The number of nitrogens with zero attached hydrogens (tertiary/aromatic N) is 2. The van der Waals surface area contributed by atoms with Gasteiger partial charge in [0.05, 0.1) is 11.6 Å². The Kier molecular flexibility index (Phi) is 6.85. The lowest BCUT2D eigenvalue weighted by atomic mass is 9.91. The monoisotopic (exact) mass is 547 g/mol. The van der Waals surface area contributed by atoms with Crippen LogP contribution >= 0.6 is 0 Å². The van der Waals surface area contributed by atoms with Crippen LogP contribution in [0.2, 0.25) is 0 Å². The lowest BCUT2D eigenvalue weighted by Gasteiger charge is -2.35. The number of nitriles is 1. The number of halogens is 1. The molecule has 1 saturated heterocycles. The topological polar surface area (TPSA) is 109 Å². The van der Waals surface area contributed by atoms with Crippen molar-refractivity contribution in [2.75, 3.05) is 0 Å². The zero-order valence-electron chi connectivity index (χ0n) is 23.4. The van der Waals surface area contributed by atoms with Gasteiger partial charge in [-0.2, -0.15) is 5.26 Å². The van der Waals surface area contributed by atoms with Crippen molar-refractivity contribution in [1.82, 2.24) is 10.2 Å². The first-order valence-electron chi connectivity index (χ1n) is 13.7. The van der Waals surface area contributed by atoms with Crippen LogP contribution in [0.4, 0.5) is 9.18 Å². The van der Waals surface area contributed by atoms with E-state index in [1.165, 1.54) is 11.0 Å². The molecule has 5 rings (SSSR count). The lowest BCUT2D eigenvalue weighted by Crippen LogP contribution is -2.55. The van der Waals surface area contributed by atoms with Crippen molar-refractivity contribution in [3.05, 3.63) is 58.9 Å². The predicted octanol–water partition coefficient (Wildman–Crippen LogP) is 5.24. The largest absolute Gasteiger partial charge is 0.451 e. The molecule has 1 aliphatic carbocycles. The highest BCUT2D eigenvalue weighted by Crippen LogP contribution is 2.43. The minimum Gasteiger partial charge on any atom is -0.451 e. The second kappa shape index (κ2) is 9.92. The second-order valence-electron chi connectivity index (χ2n) is 12.4. The molecule has 9 heteroatoms. The molecule has 8 nitrogen and oxygen atoms in total. The van der Waals surface area contributed by atoms with E-state index in [0.717, 1.165) is 30.4 Å². The number of hydrogen-bond donors (Lipinski definition) is 1. The maximum absolute atomic E-state index is 15.2. The smallest absolute Gasteiger partial charge is 0.411 e. The Morgan fingerprint density at radius 2 is 1.90 bits per heavy atom. The molecule has 0 spiro atoms. The van der Waals surface area contributed by atoms with Gasteiger partial charge < -0.3 is 14.8 Å². The fraction of sp³-hybridized carbons (Fsp3) is 0.484. The molecule has 3 aliphatic rings. The van der Waals surface area contributed by atoms with E-state index in [-0.39, 0.29) is 29.9 Å². The molecule has 2 aromatic carbocycles. The minimum absolute atomic E-state index is 0.00544. The highest BCUT2D eigenvalue weighted by molar-refractivity contribution is 5.95. The van der Waals surface area contributed by atoms with Gasteiger partial charge in [-0.3, -0.25) is 9.69 Å². The van der Waals surface area contributed by atoms with Crippen molar-refractivity contribution in [3.8, 4) is 17.2 Å². The van der Waals surface area contributed by atoms with Crippen LogP contribution in [-0.4, -0.2) is 46.6 Å². The van der Waals surface area contributed by atoms with Crippen molar-refractivity contribution in [2.24, 2.45) is 5.92 Å². The number of carbonyl (C=O) groups excluding carboxylic acids is 3. The van der Waals surface area contributed by atoms with Gasteiger partial charge in [0.25, 0.3) is 0 Å². The number of esters is 1. The number of cyclic esters (lactones) is 1. The standard InChI is InChI=1S/C31H34FN3O5/c1-30(2,3)40-29(38)35-22-10-8-20(13-22)26(35)27(36)34-21(16-33)12-19-7-6-18(15-25(19)32)17-9-11-23-24(14-17)31(4,5)39-28(23)37/h6-7,9,11,14-15,20-22,26H,8,10,12-13H2,1-5H3,(H,34,36)/t20-,21-,22+,26-/m0/s1. The third-order valence-electron chi connectivity index (χ3n) is 7.98. The quantitative estimate of drug-likeness (QED) is 0.513. The Balaban J connectivity index is 1.29. The molecule has 2 aliphatic heterocycles. The molecule has 40 heavy (non-hydrogen) atoms. The van der Waals surface area contributed by atoms with Gasteiger partial charge in [-0.25, -0.2) is 14.0 Å². The van der Waals surface area contributed by atoms with E-state index in [9.17, 15) is 19.6 Å². The van der Waals surface area contributed by atoms with Crippen molar-refractivity contribution in [2.45, 2.75) is 89.6 Å².